The summed E-state index contributed by atoms with van der Waals surface area (Å²) in [5, 5.41) is 0. The Balaban J connectivity index is 2.93. The van der Waals surface area contributed by atoms with Gasteiger partial charge < -0.3 is 4.74 Å². The minimum Gasteiger partial charge on any atom is -0.371 e. The van der Waals surface area contributed by atoms with Crippen LogP contribution in [0.4, 0.5) is 0 Å². The minimum absolute atomic E-state index is 0.0120. The first-order chi connectivity index (χ1) is 7.84. The van der Waals surface area contributed by atoms with E-state index in [1.165, 1.54) is 12.1 Å². The van der Waals surface area contributed by atoms with Gasteiger partial charge in [0.25, 0.3) is 9.05 Å². The van der Waals surface area contributed by atoms with Gasteiger partial charge in [0.15, 0.2) is 0 Å². The van der Waals surface area contributed by atoms with Gasteiger partial charge in [-0.3, -0.25) is 0 Å². The molecule has 0 saturated carbocycles. The average molecular weight is 277 g/mol. The topological polar surface area (TPSA) is 43.4 Å². The molecule has 0 heterocycles. The van der Waals surface area contributed by atoms with Crippen LogP contribution in [0.5, 0.6) is 0 Å². The molecule has 17 heavy (non-hydrogen) atoms. The largest absolute Gasteiger partial charge is 0.371 e. The van der Waals surface area contributed by atoms with Crippen LogP contribution in [0.3, 0.4) is 0 Å². The number of hydrogen-bond donors (Lipinski definition) is 0. The third kappa shape index (κ3) is 4.30. The first kappa shape index (κ1) is 14.5. The Labute approximate surface area is 107 Å². The van der Waals surface area contributed by atoms with E-state index in [2.05, 4.69) is 0 Å². The number of hydrogen-bond acceptors (Lipinski definition) is 3. The maximum absolute atomic E-state index is 11.1. The standard InChI is InChI=1S/C12H17ClO3S/c1-4-12(16-9(2)3)10-5-7-11(8-6-10)17(13,14)15/h5-9,12H,4H2,1-3H3/t12-/m0/s1. The van der Waals surface area contributed by atoms with Gasteiger partial charge >= 0.3 is 0 Å². The summed E-state index contributed by atoms with van der Waals surface area (Å²) < 4.78 is 27.9. The molecule has 0 spiro atoms. The molecule has 0 N–H and O–H groups in total. The molecule has 0 saturated heterocycles. The Morgan fingerprint density at radius 1 is 1.24 bits per heavy atom. The maximum Gasteiger partial charge on any atom is 0.261 e. The van der Waals surface area contributed by atoms with Crippen molar-refractivity contribution in [2.75, 3.05) is 0 Å². The predicted molar refractivity (Wildman–Crippen MR) is 68.7 cm³/mol. The second-order valence-corrected chi connectivity index (χ2v) is 6.65. The second kappa shape index (κ2) is 5.85. The van der Waals surface area contributed by atoms with Crippen molar-refractivity contribution in [1.29, 1.82) is 0 Å². The molecule has 1 aromatic carbocycles. The number of ether oxygens (including phenoxy) is 1. The summed E-state index contributed by atoms with van der Waals surface area (Å²) in [6.45, 7) is 5.97. The molecule has 0 amide bonds. The van der Waals surface area contributed by atoms with Crippen LogP contribution >= 0.6 is 10.7 Å². The van der Waals surface area contributed by atoms with Crippen molar-refractivity contribution in [2.24, 2.45) is 0 Å². The van der Waals surface area contributed by atoms with E-state index < -0.39 is 9.05 Å². The molecular formula is C12H17ClO3S. The van der Waals surface area contributed by atoms with Gasteiger partial charge in [0.1, 0.15) is 0 Å². The molecular weight excluding hydrogens is 260 g/mol. The zero-order valence-electron chi connectivity index (χ0n) is 10.2. The number of rotatable bonds is 5. The Kier molecular flexibility index (Phi) is 4.98. The fourth-order valence-electron chi connectivity index (χ4n) is 1.58. The predicted octanol–water partition coefficient (Wildman–Crippen LogP) is 3.49. The molecule has 5 heteroatoms. The monoisotopic (exact) mass is 276 g/mol. The van der Waals surface area contributed by atoms with E-state index in [4.69, 9.17) is 15.4 Å². The maximum atomic E-state index is 11.1. The lowest BCUT2D eigenvalue weighted by Gasteiger charge is -2.19. The quantitative estimate of drug-likeness (QED) is 0.773. The molecule has 1 aromatic rings. The van der Waals surface area contributed by atoms with Gasteiger partial charge in [-0.05, 0) is 38.0 Å². The van der Waals surface area contributed by atoms with Crippen LogP contribution in [-0.2, 0) is 13.8 Å². The summed E-state index contributed by atoms with van der Waals surface area (Å²) >= 11 is 0. The van der Waals surface area contributed by atoms with Gasteiger partial charge in [-0.2, -0.15) is 0 Å². The molecule has 1 rings (SSSR count). The molecule has 0 fully saturated rings. The summed E-state index contributed by atoms with van der Waals surface area (Å²) in [7, 11) is 1.61. The van der Waals surface area contributed by atoms with E-state index in [0.717, 1.165) is 12.0 Å². The fraction of sp³-hybridized carbons (Fsp3) is 0.500. The molecule has 0 unspecified atom stereocenters. The van der Waals surface area contributed by atoms with Gasteiger partial charge in [-0.25, -0.2) is 8.42 Å². The molecule has 0 aliphatic heterocycles. The summed E-state index contributed by atoms with van der Waals surface area (Å²) in [5.41, 5.74) is 0.963. The van der Waals surface area contributed by atoms with Crippen molar-refractivity contribution >= 4 is 19.7 Å². The lowest BCUT2D eigenvalue weighted by molar-refractivity contribution is 0.00445. The van der Waals surface area contributed by atoms with Crippen molar-refractivity contribution in [3.05, 3.63) is 29.8 Å². The van der Waals surface area contributed by atoms with Gasteiger partial charge in [0.2, 0.25) is 0 Å². The zero-order valence-corrected chi connectivity index (χ0v) is 11.8. The van der Waals surface area contributed by atoms with E-state index >= 15 is 0 Å². The van der Waals surface area contributed by atoms with Crippen LogP contribution in [0, 0.1) is 0 Å². The van der Waals surface area contributed by atoms with Crippen LogP contribution in [0.15, 0.2) is 29.2 Å². The Hall–Kier alpha value is -0.580. The van der Waals surface area contributed by atoms with Crippen molar-refractivity contribution < 1.29 is 13.2 Å². The first-order valence-corrected chi connectivity index (χ1v) is 7.85. The minimum atomic E-state index is -3.64. The lowest BCUT2D eigenvalue weighted by atomic mass is 10.1. The van der Waals surface area contributed by atoms with Crippen LogP contribution in [0.1, 0.15) is 38.9 Å². The third-order valence-corrected chi connectivity index (χ3v) is 3.71. The highest BCUT2D eigenvalue weighted by molar-refractivity contribution is 8.13. The Morgan fingerprint density at radius 3 is 2.12 bits per heavy atom. The molecule has 0 aliphatic rings. The van der Waals surface area contributed by atoms with E-state index in [0.29, 0.717) is 0 Å². The first-order valence-electron chi connectivity index (χ1n) is 5.54. The zero-order chi connectivity index (χ0) is 13.1. The van der Waals surface area contributed by atoms with E-state index in [9.17, 15) is 8.42 Å². The van der Waals surface area contributed by atoms with E-state index in [1.807, 2.05) is 20.8 Å². The molecule has 96 valence electrons. The summed E-state index contributed by atoms with van der Waals surface area (Å²) in [4.78, 5) is 0.113. The highest BCUT2D eigenvalue weighted by atomic mass is 35.7. The normalized spacial score (nSPS) is 13.9. The summed E-state index contributed by atoms with van der Waals surface area (Å²) in [6.07, 6.45) is 0.962. The fourth-order valence-corrected chi connectivity index (χ4v) is 2.35. The van der Waals surface area contributed by atoms with E-state index in [1.54, 1.807) is 12.1 Å². The number of benzene rings is 1. The van der Waals surface area contributed by atoms with Crippen molar-refractivity contribution in [3.8, 4) is 0 Å². The summed E-state index contributed by atoms with van der Waals surface area (Å²) in [5.74, 6) is 0. The highest BCUT2D eigenvalue weighted by Gasteiger charge is 2.14. The van der Waals surface area contributed by atoms with Crippen LogP contribution in [-0.4, -0.2) is 14.5 Å². The van der Waals surface area contributed by atoms with Crippen LogP contribution < -0.4 is 0 Å². The molecule has 0 aliphatic carbocycles. The molecule has 0 radical (unpaired) electrons. The number of halogens is 1. The molecule has 0 aromatic heterocycles. The van der Waals surface area contributed by atoms with Gasteiger partial charge in [-0.15, -0.1) is 0 Å². The third-order valence-electron chi connectivity index (χ3n) is 2.34. The molecule has 3 nitrogen and oxygen atoms in total. The van der Waals surface area contributed by atoms with Crippen LogP contribution in [0.2, 0.25) is 0 Å². The van der Waals surface area contributed by atoms with Crippen LogP contribution in [0.25, 0.3) is 0 Å². The van der Waals surface area contributed by atoms with Crippen molar-refractivity contribution in [3.63, 3.8) is 0 Å². The Morgan fingerprint density at radius 2 is 1.76 bits per heavy atom. The lowest BCUT2D eigenvalue weighted by Crippen LogP contribution is -2.09. The highest BCUT2D eigenvalue weighted by Crippen LogP contribution is 2.24. The average Bonchev–Trinajstić information content (AvgIpc) is 2.24. The SMILES string of the molecule is CC[C@H](OC(C)C)c1ccc(S(=O)(=O)Cl)cc1. The van der Waals surface area contributed by atoms with Gasteiger partial charge in [-0.1, -0.05) is 19.1 Å². The smallest absolute Gasteiger partial charge is 0.261 e. The summed E-state index contributed by atoms with van der Waals surface area (Å²) in [6, 6.07) is 6.49. The Bertz CT molecular complexity index is 451. The molecule has 1 atom stereocenters. The van der Waals surface area contributed by atoms with Crippen molar-refractivity contribution in [2.45, 2.75) is 44.3 Å². The van der Waals surface area contributed by atoms with E-state index in [-0.39, 0.29) is 17.1 Å². The van der Waals surface area contributed by atoms with Gasteiger partial charge in [0, 0.05) is 10.7 Å². The van der Waals surface area contributed by atoms with Crippen molar-refractivity contribution in [1.82, 2.24) is 0 Å². The second-order valence-electron chi connectivity index (χ2n) is 4.09. The van der Waals surface area contributed by atoms with Gasteiger partial charge in [0.05, 0.1) is 17.1 Å². The molecule has 0 bridgehead atoms.